The number of hydrogen-bond donors (Lipinski definition) is 2. The molecule has 0 saturated heterocycles. The highest BCUT2D eigenvalue weighted by molar-refractivity contribution is 5.96. The van der Waals surface area contributed by atoms with E-state index in [1.165, 1.54) is 24.3 Å². The second-order valence-corrected chi connectivity index (χ2v) is 4.28. The van der Waals surface area contributed by atoms with Gasteiger partial charge >= 0.3 is 6.61 Å². The summed E-state index contributed by atoms with van der Waals surface area (Å²) in [6, 6.07) is 5.19. The summed E-state index contributed by atoms with van der Waals surface area (Å²) in [5, 5.41) is 5.05. The maximum absolute atomic E-state index is 12.0. The molecule has 2 N–H and O–H groups in total. The van der Waals surface area contributed by atoms with Crippen molar-refractivity contribution in [2.45, 2.75) is 13.0 Å². The van der Waals surface area contributed by atoms with Gasteiger partial charge in [-0.3, -0.25) is 9.59 Å². The van der Waals surface area contributed by atoms with Crippen LogP contribution in [0.2, 0.25) is 0 Å². The summed E-state index contributed by atoms with van der Waals surface area (Å²) in [5.41, 5.74) is 0.244. The lowest BCUT2D eigenvalue weighted by Gasteiger charge is -2.08. The predicted octanol–water partition coefficient (Wildman–Crippen LogP) is 1.17. The molecular weight excluding hydrogens is 298 g/mol. The molecule has 0 aromatic heterocycles. The first-order valence-electron chi connectivity index (χ1n) is 6.61. The zero-order valence-electron chi connectivity index (χ0n) is 12.1. The Morgan fingerprint density at radius 1 is 1.18 bits per heavy atom. The fraction of sp³-hybridized carbons (Fsp3) is 0.429. The molecule has 22 heavy (non-hydrogen) atoms. The van der Waals surface area contributed by atoms with Crippen LogP contribution in [-0.4, -0.2) is 45.2 Å². The molecule has 0 radical (unpaired) electrons. The molecule has 1 aromatic rings. The third kappa shape index (κ3) is 6.98. The van der Waals surface area contributed by atoms with E-state index in [1.807, 2.05) is 0 Å². The molecule has 1 rings (SSSR count). The average molecular weight is 316 g/mol. The number of carbonyl (C=O) groups excluding carboxylic acids is 2. The first-order valence-corrected chi connectivity index (χ1v) is 6.61. The number of rotatable bonds is 9. The Labute approximate surface area is 126 Å². The Morgan fingerprint density at radius 3 is 2.45 bits per heavy atom. The molecule has 0 aliphatic carbocycles. The topological polar surface area (TPSA) is 76.7 Å². The van der Waals surface area contributed by atoms with Gasteiger partial charge in [-0.1, -0.05) is 0 Å². The minimum Gasteiger partial charge on any atom is -0.435 e. The molecule has 0 heterocycles. The van der Waals surface area contributed by atoms with E-state index in [1.54, 1.807) is 7.11 Å². The summed E-state index contributed by atoms with van der Waals surface area (Å²) in [7, 11) is 1.57. The van der Waals surface area contributed by atoms with Gasteiger partial charge in [-0.05, 0) is 30.7 Å². The Bertz CT molecular complexity index is 480. The van der Waals surface area contributed by atoms with Crippen molar-refractivity contribution in [3.63, 3.8) is 0 Å². The van der Waals surface area contributed by atoms with E-state index in [2.05, 4.69) is 15.4 Å². The van der Waals surface area contributed by atoms with Crippen LogP contribution in [0.1, 0.15) is 16.8 Å². The molecule has 0 aliphatic heterocycles. The first-order chi connectivity index (χ1) is 10.5. The lowest BCUT2D eigenvalue weighted by Crippen LogP contribution is -2.37. The van der Waals surface area contributed by atoms with Gasteiger partial charge in [0.05, 0.1) is 6.54 Å². The highest BCUT2D eigenvalue weighted by Crippen LogP contribution is 2.14. The van der Waals surface area contributed by atoms with E-state index in [0.29, 0.717) is 19.6 Å². The van der Waals surface area contributed by atoms with Gasteiger partial charge in [-0.15, -0.1) is 0 Å². The van der Waals surface area contributed by atoms with Crippen LogP contribution in [0.5, 0.6) is 5.75 Å². The quantitative estimate of drug-likeness (QED) is 0.671. The number of halogens is 2. The number of hydrogen-bond acceptors (Lipinski definition) is 4. The van der Waals surface area contributed by atoms with Crippen molar-refractivity contribution in [1.29, 1.82) is 0 Å². The van der Waals surface area contributed by atoms with Crippen LogP contribution in [0.4, 0.5) is 8.78 Å². The molecule has 1 aromatic carbocycles. The number of methoxy groups -OCH3 is 1. The van der Waals surface area contributed by atoms with Gasteiger partial charge in [0.15, 0.2) is 0 Å². The van der Waals surface area contributed by atoms with Gasteiger partial charge in [-0.2, -0.15) is 8.78 Å². The van der Waals surface area contributed by atoms with Crippen molar-refractivity contribution in [2.75, 3.05) is 26.8 Å². The minimum atomic E-state index is -2.92. The Morgan fingerprint density at radius 2 is 1.86 bits per heavy atom. The van der Waals surface area contributed by atoms with E-state index in [0.717, 1.165) is 0 Å². The normalized spacial score (nSPS) is 10.4. The molecular formula is C14H18F2N2O4. The summed E-state index contributed by atoms with van der Waals surface area (Å²) in [5.74, 6) is -0.833. The van der Waals surface area contributed by atoms with E-state index >= 15 is 0 Å². The van der Waals surface area contributed by atoms with Crippen molar-refractivity contribution < 1.29 is 27.8 Å². The maximum atomic E-state index is 12.0. The summed E-state index contributed by atoms with van der Waals surface area (Å²) < 4.78 is 33.0. The van der Waals surface area contributed by atoms with Crippen LogP contribution in [0, 0.1) is 0 Å². The number of alkyl halides is 2. The lowest BCUT2D eigenvalue weighted by molar-refractivity contribution is -0.120. The number of nitrogens with one attached hydrogen (secondary N) is 2. The standard InChI is InChI=1S/C14H18F2N2O4/c1-21-8-2-7-17-12(19)9-18-13(20)10-3-5-11(6-4-10)22-14(15)16/h3-6,14H,2,7-9H2,1H3,(H,17,19)(H,18,20). The van der Waals surface area contributed by atoms with Gasteiger partial charge in [0.1, 0.15) is 5.75 Å². The molecule has 6 nitrogen and oxygen atoms in total. The molecule has 0 atom stereocenters. The van der Waals surface area contributed by atoms with Gasteiger partial charge < -0.3 is 20.1 Å². The maximum Gasteiger partial charge on any atom is 0.387 e. The number of amides is 2. The molecule has 122 valence electrons. The number of benzene rings is 1. The fourth-order valence-corrected chi connectivity index (χ4v) is 1.56. The van der Waals surface area contributed by atoms with Crippen molar-refractivity contribution in [1.82, 2.24) is 10.6 Å². The minimum absolute atomic E-state index is 0.0394. The van der Waals surface area contributed by atoms with Gasteiger partial charge in [-0.25, -0.2) is 0 Å². The SMILES string of the molecule is COCCCNC(=O)CNC(=O)c1ccc(OC(F)F)cc1. The van der Waals surface area contributed by atoms with Gasteiger partial charge in [0, 0.05) is 25.8 Å². The van der Waals surface area contributed by atoms with Crippen LogP contribution in [-0.2, 0) is 9.53 Å². The Hall–Kier alpha value is -2.22. The van der Waals surface area contributed by atoms with Gasteiger partial charge in [0.2, 0.25) is 5.91 Å². The zero-order valence-corrected chi connectivity index (χ0v) is 12.1. The average Bonchev–Trinajstić information content (AvgIpc) is 2.49. The molecule has 0 unspecified atom stereocenters. The summed E-state index contributed by atoms with van der Waals surface area (Å²) in [4.78, 5) is 23.2. The van der Waals surface area contributed by atoms with Crippen molar-refractivity contribution in [3.05, 3.63) is 29.8 Å². The Balaban J connectivity index is 2.34. The van der Waals surface area contributed by atoms with E-state index in [4.69, 9.17) is 4.74 Å². The third-order valence-electron chi connectivity index (χ3n) is 2.60. The fourth-order valence-electron chi connectivity index (χ4n) is 1.56. The van der Waals surface area contributed by atoms with Crippen molar-refractivity contribution in [3.8, 4) is 5.75 Å². The van der Waals surface area contributed by atoms with Crippen LogP contribution in [0.15, 0.2) is 24.3 Å². The number of ether oxygens (including phenoxy) is 2. The molecule has 2 amide bonds. The van der Waals surface area contributed by atoms with Crippen LogP contribution >= 0.6 is 0 Å². The summed E-state index contributed by atoms with van der Waals surface area (Å²) >= 11 is 0. The van der Waals surface area contributed by atoms with Crippen molar-refractivity contribution in [2.24, 2.45) is 0 Å². The zero-order chi connectivity index (χ0) is 16.4. The van der Waals surface area contributed by atoms with Crippen LogP contribution < -0.4 is 15.4 Å². The highest BCUT2D eigenvalue weighted by Gasteiger charge is 2.09. The van der Waals surface area contributed by atoms with E-state index in [9.17, 15) is 18.4 Å². The van der Waals surface area contributed by atoms with Crippen LogP contribution in [0.3, 0.4) is 0 Å². The third-order valence-corrected chi connectivity index (χ3v) is 2.60. The lowest BCUT2D eigenvalue weighted by atomic mass is 10.2. The molecule has 8 heteroatoms. The largest absolute Gasteiger partial charge is 0.435 e. The van der Waals surface area contributed by atoms with Crippen LogP contribution in [0.25, 0.3) is 0 Å². The molecule has 0 fully saturated rings. The number of carbonyl (C=O) groups is 2. The molecule has 0 saturated carbocycles. The van der Waals surface area contributed by atoms with Gasteiger partial charge in [0.25, 0.3) is 5.91 Å². The first kappa shape index (κ1) is 17.8. The smallest absolute Gasteiger partial charge is 0.387 e. The highest BCUT2D eigenvalue weighted by atomic mass is 19.3. The monoisotopic (exact) mass is 316 g/mol. The molecule has 0 bridgehead atoms. The second kappa shape index (κ2) is 9.67. The van der Waals surface area contributed by atoms with Crippen molar-refractivity contribution >= 4 is 11.8 Å². The molecule has 0 aliphatic rings. The molecule has 0 spiro atoms. The summed E-state index contributed by atoms with van der Waals surface area (Å²) in [6.45, 7) is -2.08. The summed E-state index contributed by atoms with van der Waals surface area (Å²) in [6.07, 6.45) is 0.682. The predicted molar refractivity (Wildman–Crippen MR) is 74.9 cm³/mol. The second-order valence-electron chi connectivity index (χ2n) is 4.28. The van der Waals surface area contributed by atoms with E-state index < -0.39 is 12.5 Å². The van der Waals surface area contributed by atoms with E-state index in [-0.39, 0.29) is 23.8 Å². The Kier molecular flexibility index (Phi) is 7.84.